The normalized spacial score (nSPS) is 10.8. The molecule has 0 amide bonds. The van der Waals surface area contributed by atoms with E-state index in [2.05, 4.69) is 20.9 Å². The van der Waals surface area contributed by atoms with Gasteiger partial charge in [-0.3, -0.25) is 0 Å². The lowest BCUT2D eigenvalue weighted by atomic mass is 10.0. The van der Waals surface area contributed by atoms with Gasteiger partial charge in [-0.05, 0) is 29.7 Å². The molecule has 2 aromatic rings. The third-order valence-corrected chi connectivity index (χ3v) is 4.35. The number of halogens is 2. The van der Waals surface area contributed by atoms with Gasteiger partial charge in [0.15, 0.2) is 10.0 Å². The van der Waals surface area contributed by atoms with Crippen molar-refractivity contribution in [1.82, 2.24) is 4.98 Å². The van der Waals surface area contributed by atoms with Gasteiger partial charge in [-0.25, -0.2) is 4.79 Å². The Bertz CT molecular complexity index is 657. The molecule has 0 radical (unpaired) electrons. The Labute approximate surface area is 133 Å². The minimum absolute atomic E-state index is 0.0233. The molecule has 0 aliphatic rings. The number of carbonyl (C=O) groups is 1. The van der Waals surface area contributed by atoms with Crippen molar-refractivity contribution in [3.63, 3.8) is 0 Å². The summed E-state index contributed by atoms with van der Waals surface area (Å²) in [5, 5.41) is 9.11. The molecule has 1 heterocycles. The topological polar surface area (TPSA) is 59.4 Å². The zero-order valence-electron chi connectivity index (χ0n) is 10.7. The van der Waals surface area contributed by atoms with Gasteiger partial charge in [-0.2, -0.15) is 4.98 Å². The summed E-state index contributed by atoms with van der Waals surface area (Å²) in [7, 11) is 0. The van der Waals surface area contributed by atoms with Crippen LogP contribution in [0.1, 0.15) is 35.0 Å². The average molecular weight is 377 g/mol. The third-order valence-electron chi connectivity index (χ3n) is 2.55. The van der Waals surface area contributed by atoms with E-state index in [1.807, 2.05) is 32.0 Å². The molecule has 0 fully saturated rings. The van der Waals surface area contributed by atoms with Crippen LogP contribution >= 0.6 is 38.9 Å². The molecule has 0 aliphatic carbocycles. The van der Waals surface area contributed by atoms with E-state index in [4.69, 9.17) is 21.4 Å². The highest BCUT2D eigenvalue weighted by Crippen LogP contribution is 2.36. The van der Waals surface area contributed by atoms with Gasteiger partial charge < -0.3 is 9.84 Å². The van der Waals surface area contributed by atoms with E-state index in [1.54, 1.807) is 0 Å². The molecule has 1 aromatic heterocycles. The van der Waals surface area contributed by atoms with E-state index in [0.29, 0.717) is 5.75 Å². The van der Waals surface area contributed by atoms with Crippen LogP contribution in [0.2, 0.25) is 5.15 Å². The van der Waals surface area contributed by atoms with Crippen molar-refractivity contribution in [3.8, 4) is 10.9 Å². The van der Waals surface area contributed by atoms with E-state index < -0.39 is 5.97 Å². The van der Waals surface area contributed by atoms with Crippen LogP contribution in [0.5, 0.6) is 10.9 Å². The molecule has 106 valence electrons. The van der Waals surface area contributed by atoms with Gasteiger partial charge in [0.2, 0.25) is 0 Å². The van der Waals surface area contributed by atoms with E-state index in [9.17, 15) is 4.79 Å². The molecular formula is C13H11BrClNO3S. The van der Waals surface area contributed by atoms with Crippen LogP contribution in [-0.2, 0) is 0 Å². The lowest BCUT2D eigenvalue weighted by Crippen LogP contribution is -1.93. The predicted molar refractivity (Wildman–Crippen MR) is 82.4 cm³/mol. The van der Waals surface area contributed by atoms with Crippen LogP contribution in [0.15, 0.2) is 22.7 Å². The van der Waals surface area contributed by atoms with Crippen molar-refractivity contribution in [3.05, 3.63) is 38.3 Å². The number of thiazole rings is 1. The molecule has 0 atom stereocenters. The van der Waals surface area contributed by atoms with Crippen LogP contribution in [0.3, 0.4) is 0 Å². The minimum atomic E-state index is -1.11. The van der Waals surface area contributed by atoms with Crippen molar-refractivity contribution in [2.45, 2.75) is 19.8 Å². The number of hydrogen-bond donors (Lipinski definition) is 1. The highest BCUT2D eigenvalue weighted by Gasteiger charge is 2.18. The monoisotopic (exact) mass is 375 g/mol. The number of carboxylic acid groups (broad SMARTS) is 1. The van der Waals surface area contributed by atoms with E-state index in [1.165, 1.54) is 0 Å². The van der Waals surface area contributed by atoms with E-state index in [-0.39, 0.29) is 21.1 Å². The number of aromatic nitrogens is 1. The maximum absolute atomic E-state index is 10.9. The molecule has 1 aromatic carbocycles. The van der Waals surface area contributed by atoms with Crippen LogP contribution in [-0.4, -0.2) is 16.1 Å². The Kier molecular flexibility index (Phi) is 4.67. The van der Waals surface area contributed by atoms with Crippen LogP contribution in [0, 0.1) is 0 Å². The van der Waals surface area contributed by atoms with Gasteiger partial charge in [-0.15, -0.1) is 0 Å². The number of hydrogen-bond acceptors (Lipinski definition) is 4. The largest absolute Gasteiger partial charge is 0.477 e. The maximum Gasteiger partial charge on any atom is 0.349 e. The smallest absolute Gasteiger partial charge is 0.349 e. The van der Waals surface area contributed by atoms with Crippen molar-refractivity contribution in [2.24, 2.45) is 0 Å². The summed E-state index contributed by atoms with van der Waals surface area (Å²) in [5.74, 6) is -0.204. The molecule has 7 heteroatoms. The van der Waals surface area contributed by atoms with Crippen LogP contribution < -0.4 is 4.74 Å². The quantitative estimate of drug-likeness (QED) is 0.799. The Morgan fingerprint density at radius 2 is 2.20 bits per heavy atom. The summed E-state index contributed by atoms with van der Waals surface area (Å²) in [6, 6.07) is 5.64. The first-order chi connectivity index (χ1) is 9.38. The fourth-order valence-corrected chi connectivity index (χ4v) is 2.98. The molecule has 0 aliphatic heterocycles. The number of aromatic carboxylic acids is 1. The Morgan fingerprint density at radius 1 is 1.50 bits per heavy atom. The number of benzene rings is 1. The molecule has 0 saturated heterocycles. The van der Waals surface area contributed by atoms with Gasteiger partial charge in [0.1, 0.15) is 5.75 Å². The summed E-state index contributed by atoms with van der Waals surface area (Å²) >= 11 is 10.1. The van der Waals surface area contributed by atoms with Gasteiger partial charge in [-0.1, -0.05) is 52.7 Å². The molecule has 0 spiro atoms. The number of carboxylic acids is 1. The third kappa shape index (κ3) is 3.31. The first-order valence-corrected chi connectivity index (χ1v) is 7.74. The lowest BCUT2D eigenvalue weighted by molar-refractivity contribution is 0.0702. The summed E-state index contributed by atoms with van der Waals surface area (Å²) in [6.45, 7) is 4.10. The highest BCUT2D eigenvalue weighted by atomic mass is 79.9. The molecule has 0 saturated carbocycles. The zero-order valence-corrected chi connectivity index (χ0v) is 13.8. The van der Waals surface area contributed by atoms with Crippen LogP contribution in [0.25, 0.3) is 0 Å². The minimum Gasteiger partial charge on any atom is -0.477 e. The molecule has 0 unspecified atom stereocenters. The average Bonchev–Trinajstić information content (AvgIpc) is 2.72. The fraction of sp³-hybridized carbons (Fsp3) is 0.231. The number of rotatable bonds is 4. The summed E-state index contributed by atoms with van der Waals surface area (Å²) in [6.07, 6.45) is 0. The Hall–Kier alpha value is -1.11. The molecular weight excluding hydrogens is 366 g/mol. The summed E-state index contributed by atoms with van der Waals surface area (Å²) < 4.78 is 6.63. The van der Waals surface area contributed by atoms with Gasteiger partial charge in [0, 0.05) is 4.47 Å². The second-order valence-electron chi connectivity index (χ2n) is 4.34. The van der Waals surface area contributed by atoms with Crippen molar-refractivity contribution in [2.75, 3.05) is 0 Å². The maximum atomic E-state index is 10.9. The lowest BCUT2D eigenvalue weighted by Gasteiger charge is -2.12. The zero-order chi connectivity index (χ0) is 14.9. The molecule has 20 heavy (non-hydrogen) atoms. The van der Waals surface area contributed by atoms with Gasteiger partial charge in [0.25, 0.3) is 5.19 Å². The van der Waals surface area contributed by atoms with Crippen molar-refractivity contribution in [1.29, 1.82) is 0 Å². The van der Waals surface area contributed by atoms with Crippen molar-refractivity contribution >= 4 is 44.8 Å². The molecule has 0 bridgehead atoms. The van der Waals surface area contributed by atoms with Crippen LogP contribution in [0.4, 0.5) is 0 Å². The molecule has 1 N–H and O–H groups in total. The first-order valence-electron chi connectivity index (χ1n) is 5.75. The second-order valence-corrected chi connectivity index (χ2v) is 6.58. The molecule has 2 rings (SSSR count). The number of ether oxygens (including phenoxy) is 1. The highest BCUT2D eigenvalue weighted by molar-refractivity contribution is 9.10. The van der Waals surface area contributed by atoms with Gasteiger partial charge in [0.05, 0.1) is 0 Å². The second kappa shape index (κ2) is 6.11. The Morgan fingerprint density at radius 3 is 2.75 bits per heavy atom. The SMILES string of the molecule is CC(C)c1cc(Br)ccc1Oc1nc(Cl)c(C(=O)O)s1. The van der Waals surface area contributed by atoms with E-state index >= 15 is 0 Å². The van der Waals surface area contributed by atoms with Gasteiger partial charge >= 0.3 is 5.97 Å². The fourth-order valence-electron chi connectivity index (χ4n) is 1.62. The Balaban J connectivity index is 2.35. The standard InChI is InChI=1S/C13H11BrClNO3S/c1-6(2)8-5-7(14)3-4-9(8)19-13-16-11(15)10(20-13)12(17)18/h3-6H,1-2H3,(H,17,18). The summed E-state index contributed by atoms with van der Waals surface area (Å²) in [5.41, 5.74) is 1.00. The summed E-state index contributed by atoms with van der Waals surface area (Å²) in [4.78, 5) is 14.8. The number of nitrogens with zero attached hydrogens (tertiary/aromatic N) is 1. The molecule has 4 nitrogen and oxygen atoms in total. The van der Waals surface area contributed by atoms with Crippen molar-refractivity contribution < 1.29 is 14.6 Å². The first kappa shape index (κ1) is 15.3. The predicted octanol–water partition coefficient (Wildman–Crippen LogP) is 5.17. The van der Waals surface area contributed by atoms with E-state index in [0.717, 1.165) is 21.4 Å².